The van der Waals surface area contributed by atoms with Crippen molar-refractivity contribution in [3.8, 4) is 0 Å². The van der Waals surface area contributed by atoms with E-state index in [2.05, 4.69) is 4.98 Å². The highest BCUT2D eigenvalue weighted by molar-refractivity contribution is 5.94. The first-order valence-corrected chi connectivity index (χ1v) is 7.05. The lowest BCUT2D eigenvalue weighted by atomic mass is 9.83. The molecule has 0 saturated carbocycles. The number of halogens is 1. The second-order valence-electron chi connectivity index (χ2n) is 6.25. The Bertz CT molecular complexity index is 705. The van der Waals surface area contributed by atoms with Crippen LogP contribution >= 0.6 is 0 Å². The van der Waals surface area contributed by atoms with Gasteiger partial charge in [-0.05, 0) is 56.4 Å². The summed E-state index contributed by atoms with van der Waals surface area (Å²) in [7, 11) is 0. The van der Waals surface area contributed by atoms with Gasteiger partial charge in [0.1, 0.15) is 11.5 Å². The number of fused-ring (bicyclic) bond motifs is 1. The van der Waals surface area contributed by atoms with Gasteiger partial charge in [-0.3, -0.25) is 0 Å². The van der Waals surface area contributed by atoms with Crippen molar-refractivity contribution in [3.05, 3.63) is 35.3 Å². The fraction of sp³-hybridized carbons (Fsp3) is 0.438. The number of H-pyrrole nitrogens is 1. The molecule has 1 fully saturated rings. The van der Waals surface area contributed by atoms with E-state index in [4.69, 9.17) is 9.84 Å². The molecule has 4 nitrogen and oxygen atoms in total. The van der Waals surface area contributed by atoms with Gasteiger partial charge in [0.15, 0.2) is 0 Å². The number of carbonyl (C=O) groups is 1. The van der Waals surface area contributed by atoms with Crippen LogP contribution in [0, 0.1) is 5.82 Å². The van der Waals surface area contributed by atoms with E-state index in [1.807, 2.05) is 19.9 Å². The lowest BCUT2D eigenvalue weighted by Crippen LogP contribution is -2.33. The van der Waals surface area contributed by atoms with Crippen LogP contribution < -0.4 is 0 Å². The Labute approximate surface area is 121 Å². The summed E-state index contributed by atoms with van der Waals surface area (Å²) < 4.78 is 19.9. The zero-order chi connectivity index (χ0) is 15.2. The molecule has 1 aliphatic heterocycles. The zero-order valence-electron chi connectivity index (χ0n) is 12.1. The molecule has 2 aromatic rings. The van der Waals surface area contributed by atoms with Gasteiger partial charge in [-0.1, -0.05) is 0 Å². The number of ether oxygens (including phenoxy) is 1. The molecule has 0 amide bonds. The van der Waals surface area contributed by atoms with Gasteiger partial charge in [-0.2, -0.15) is 0 Å². The largest absolute Gasteiger partial charge is 0.477 e. The number of rotatable bonds is 2. The minimum atomic E-state index is -1.08. The smallest absolute Gasteiger partial charge is 0.352 e. The molecule has 0 bridgehead atoms. The van der Waals surface area contributed by atoms with E-state index in [-0.39, 0.29) is 22.7 Å². The molecule has 2 N–H and O–H groups in total. The van der Waals surface area contributed by atoms with E-state index in [1.165, 1.54) is 12.1 Å². The summed E-state index contributed by atoms with van der Waals surface area (Å²) in [4.78, 5) is 13.6. The quantitative estimate of drug-likeness (QED) is 0.887. The number of carboxylic acid groups (broad SMARTS) is 1. The van der Waals surface area contributed by atoms with Crippen molar-refractivity contribution in [1.82, 2.24) is 4.98 Å². The summed E-state index contributed by atoms with van der Waals surface area (Å²) in [6.45, 7) is 4.73. The molecule has 21 heavy (non-hydrogen) atoms. The van der Waals surface area contributed by atoms with Crippen molar-refractivity contribution in [3.63, 3.8) is 0 Å². The van der Waals surface area contributed by atoms with E-state index in [1.54, 1.807) is 0 Å². The van der Waals surface area contributed by atoms with Crippen LogP contribution in [0.2, 0.25) is 0 Å². The van der Waals surface area contributed by atoms with Crippen LogP contribution in [-0.4, -0.2) is 28.3 Å². The number of hydrogen-bond acceptors (Lipinski definition) is 2. The van der Waals surface area contributed by atoms with Crippen molar-refractivity contribution < 1.29 is 19.0 Å². The fourth-order valence-electron chi connectivity index (χ4n) is 3.09. The minimum Gasteiger partial charge on any atom is -0.477 e. The fourth-order valence-corrected chi connectivity index (χ4v) is 3.09. The Morgan fingerprint density at radius 3 is 2.86 bits per heavy atom. The van der Waals surface area contributed by atoms with Gasteiger partial charge in [0.25, 0.3) is 0 Å². The van der Waals surface area contributed by atoms with Crippen molar-refractivity contribution in [2.45, 2.75) is 38.2 Å². The molecule has 1 aromatic carbocycles. The second-order valence-corrected chi connectivity index (χ2v) is 6.25. The van der Waals surface area contributed by atoms with Gasteiger partial charge in [-0.25, -0.2) is 9.18 Å². The highest BCUT2D eigenvalue weighted by Gasteiger charge is 2.30. The van der Waals surface area contributed by atoms with Crippen LogP contribution in [-0.2, 0) is 4.74 Å². The van der Waals surface area contributed by atoms with Gasteiger partial charge < -0.3 is 14.8 Å². The van der Waals surface area contributed by atoms with Crippen LogP contribution in [0.5, 0.6) is 0 Å². The number of aromatic carboxylic acids is 1. The molecule has 1 aromatic heterocycles. The van der Waals surface area contributed by atoms with Crippen LogP contribution in [0.15, 0.2) is 18.2 Å². The third kappa shape index (κ3) is 2.65. The Kier molecular flexibility index (Phi) is 3.24. The number of aromatic nitrogens is 1. The standard InChI is InChI=1S/C16H18FNO3/c1-16(2)8-9(3-4-21-16)10-5-11-7-13(15(19)20)18-14(11)12(17)6-10/h5-7,9,18H,3-4,8H2,1-2H3,(H,19,20)/t9-/m0/s1. The van der Waals surface area contributed by atoms with E-state index in [0.717, 1.165) is 18.4 Å². The topological polar surface area (TPSA) is 62.3 Å². The number of hydrogen-bond donors (Lipinski definition) is 2. The molecule has 1 atom stereocenters. The number of aromatic amines is 1. The average Bonchev–Trinajstić information content (AvgIpc) is 2.82. The van der Waals surface area contributed by atoms with E-state index in [0.29, 0.717) is 12.0 Å². The first-order chi connectivity index (χ1) is 9.85. The predicted molar refractivity (Wildman–Crippen MR) is 77.2 cm³/mol. The Morgan fingerprint density at radius 2 is 2.19 bits per heavy atom. The van der Waals surface area contributed by atoms with Gasteiger partial charge in [0.2, 0.25) is 0 Å². The number of benzene rings is 1. The average molecular weight is 291 g/mol. The Hall–Kier alpha value is -1.88. The molecule has 2 heterocycles. The van der Waals surface area contributed by atoms with Crippen LogP contribution in [0.3, 0.4) is 0 Å². The van der Waals surface area contributed by atoms with Gasteiger partial charge in [-0.15, -0.1) is 0 Å². The Balaban J connectivity index is 2.02. The second kappa shape index (κ2) is 4.84. The monoisotopic (exact) mass is 291 g/mol. The van der Waals surface area contributed by atoms with Crippen molar-refractivity contribution in [1.29, 1.82) is 0 Å². The van der Waals surface area contributed by atoms with Crippen molar-refractivity contribution in [2.24, 2.45) is 0 Å². The summed E-state index contributed by atoms with van der Waals surface area (Å²) in [5, 5.41) is 9.60. The maximum Gasteiger partial charge on any atom is 0.352 e. The molecule has 0 spiro atoms. The van der Waals surface area contributed by atoms with Gasteiger partial charge in [0, 0.05) is 12.0 Å². The van der Waals surface area contributed by atoms with Crippen molar-refractivity contribution >= 4 is 16.9 Å². The molecule has 5 heteroatoms. The summed E-state index contributed by atoms with van der Waals surface area (Å²) in [5.74, 6) is -1.26. The van der Waals surface area contributed by atoms with E-state index >= 15 is 0 Å². The molecule has 3 rings (SSSR count). The van der Waals surface area contributed by atoms with Crippen LogP contribution in [0.25, 0.3) is 10.9 Å². The summed E-state index contributed by atoms with van der Waals surface area (Å²) in [6, 6.07) is 4.87. The van der Waals surface area contributed by atoms with E-state index < -0.39 is 11.8 Å². The molecular formula is C16H18FNO3. The Morgan fingerprint density at radius 1 is 1.43 bits per heavy atom. The first-order valence-electron chi connectivity index (χ1n) is 7.05. The van der Waals surface area contributed by atoms with Crippen LogP contribution in [0.1, 0.15) is 48.7 Å². The summed E-state index contributed by atoms with van der Waals surface area (Å²) in [6.07, 6.45) is 1.68. The van der Waals surface area contributed by atoms with Gasteiger partial charge >= 0.3 is 5.97 Å². The molecule has 112 valence electrons. The third-order valence-corrected chi connectivity index (χ3v) is 4.10. The molecule has 1 saturated heterocycles. The number of nitrogens with one attached hydrogen (secondary N) is 1. The highest BCUT2D eigenvalue weighted by Crippen LogP contribution is 2.37. The highest BCUT2D eigenvalue weighted by atomic mass is 19.1. The molecule has 0 aliphatic carbocycles. The third-order valence-electron chi connectivity index (χ3n) is 4.10. The van der Waals surface area contributed by atoms with Crippen molar-refractivity contribution in [2.75, 3.05) is 6.61 Å². The maximum atomic E-state index is 14.2. The van der Waals surface area contributed by atoms with Crippen LogP contribution in [0.4, 0.5) is 4.39 Å². The molecule has 0 unspecified atom stereocenters. The zero-order valence-corrected chi connectivity index (χ0v) is 12.1. The lowest BCUT2D eigenvalue weighted by molar-refractivity contribution is -0.0593. The first kappa shape index (κ1) is 14.1. The summed E-state index contributed by atoms with van der Waals surface area (Å²) >= 11 is 0. The minimum absolute atomic E-state index is 0.00774. The van der Waals surface area contributed by atoms with Gasteiger partial charge in [0.05, 0.1) is 11.1 Å². The molecule has 1 aliphatic rings. The molecule has 0 radical (unpaired) electrons. The maximum absolute atomic E-state index is 14.2. The lowest BCUT2D eigenvalue weighted by Gasteiger charge is -2.35. The predicted octanol–water partition coefficient (Wildman–Crippen LogP) is 3.68. The SMILES string of the molecule is CC1(C)C[C@@H](c2cc(F)c3[nH]c(C(=O)O)cc3c2)CCO1. The van der Waals surface area contributed by atoms with E-state index in [9.17, 15) is 9.18 Å². The summed E-state index contributed by atoms with van der Waals surface area (Å²) in [5.41, 5.74) is 0.960. The normalized spacial score (nSPS) is 21.6. The number of carboxylic acids is 1. The molecular weight excluding hydrogens is 273 g/mol.